The van der Waals surface area contributed by atoms with Gasteiger partial charge in [-0.3, -0.25) is 9.79 Å². The molecule has 1 aromatic rings. The van der Waals surface area contributed by atoms with Crippen LogP contribution < -0.4 is 16.0 Å². The van der Waals surface area contributed by atoms with Crippen LogP contribution in [0.25, 0.3) is 0 Å². The first-order valence-electron chi connectivity index (χ1n) is 6.70. The molecule has 0 aromatic heterocycles. The molecule has 0 unspecified atom stereocenters. The van der Waals surface area contributed by atoms with Gasteiger partial charge < -0.3 is 16.0 Å². The minimum absolute atomic E-state index is 0.0642. The van der Waals surface area contributed by atoms with E-state index in [0.29, 0.717) is 12.5 Å². The predicted octanol–water partition coefficient (Wildman–Crippen LogP) is 1.27. The number of carbonyl (C=O) groups excluding carboxylic acids is 1. The van der Waals surface area contributed by atoms with E-state index in [4.69, 9.17) is 0 Å². The van der Waals surface area contributed by atoms with E-state index < -0.39 is 0 Å². The maximum absolute atomic E-state index is 11.7. The number of hydrogen-bond acceptors (Lipinski definition) is 2. The molecule has 110 valence electrons. The topological polar surface area (TPSA) is 65.5 Å². The number of guanidine groups is 1. The van der Waals surface area contributed by atoms with Crippen LogP contribution in [-0.4, -0.2) is 31.0 Å². The molecule has 0 aliphatic carbocycles. The van der Waals surface area contributed by atoms with Gasteiger partial charge in [-0.1, -0.05) is 30.3 Å². The molecule has 1 rings (SSSR count). The molecule has 0 spiro atoms. The maximum atomic E-state index is 11.7. The minimum Gasteiger partial charge on any atom is -0.352 e. The van der Waals surface area contributed by atoms with Gasteiger partial charge in [0.1, 0.15) is 0 Å². The molecule has 0 aliphatic rings. The molecule has 0 aliphatic heterocycles. The number of carbonyl (C=O) groups is 1. The summed E-state index contributed by atoms with van der Waals surface area (Å²) < 4.78 is 0. The number of amides is 1. The van der Waals surface area contributed by atoms with E-state index in [1.54, 1.807) is 7.05 Å². The fraction of sp³-hybridized carbons (Fsp3) is 0.467. The van der Waals surface area contributed by atoms with Gasteiger partial charge in [-0.25, -0.2) is 0 Å². The van der Waals surface area contributed by atoms with Crippen LogP contribution in [0.5, 0.6) is 0 Å². The molecule has 0 saturated heterocycles. The highest BCUT2D eigenvalue weighted by Gasteiger charge is 2.12. The van der Waals surface area contributed by atoms with E-state index in [9.17, 15) is 4.79 Å². The Hall–Kier alpha value is -2.04. The number of nitrogens with one attached hydrogen (secondary N) is 3. The molecular formula is C15H24N4O. The quantitative estimate of drug-likeness (QED) is 0.573. The molecule has 5 heteroatoms. The van der Waals surface area contributed by atoms with Crippen molar-refractivity contribution < 1.29 is 4.79 Å². The Morgan fingerprint density at radius 2 is 1.80 bits per heavy atom. The van der Waals surface area contributed by atoms with Crippen molar-refractivity contribution in [3.05, 3.63) is 35.9 Å². The molecule has 0 heterocycles. The van der Waals surface area contributed by atoms with E-state index in [2.05, 4.69) is 20.9 Å². The van der Waals surface area contributed by atoms with Crippen LogP contribution in [0.1, 0.15) is 26.3 Å². The summed E-state index contributed by atoms with van der Waals surface area (Å²) in [4.78, 5) is 15.8. The van der Waals surface area contributed by atoms with Crippen molar-refractivity contribution in [1.82, 2.24) is 16.0 Å². The van der Waals surface area contributed by atoms with E-state index in [-0.39, 0.29) is 18.0 Å². The third kappa shape index (κ3) is 6.78. The van der Waals surface area contributed by atoms with Gasteiger partial charge in [0, 0.05) is 19.1 Å². The van der Waals surface area contributed by atoms with Crippen molar-refractivity contribution in [2.24, 2.45) is 4.99 Å². The molecule has 20 heavy (non-hydrogen) atoms. The van der Waals surface area contributed by atoms with Crippen LogP contribution in [0.2, 0.25) is 0 Å². The maximum Gasteiger partial charge on any atom is 0.239 e. The Balaban J connectivity index is 2.32. The van der Waals surface area contributed by atoms with Crippen LogP contribution in [0.4, 0.5) is 0 Å². The van der Waals surface area contributed by atoms with Crippen LogP contribution >= 0.6 is 0 Å². The third-order valence-electron chi connectivity index (χ3n) is 2.47. The summed E-state index contributed by atoms with van der Waals surface area (Å²) in [6, 6.07) is 9.82. The largest absolute Gasteiger partial charge is 0.352 e. The van der Waals surface area contributed by atoms with Gasteiger partial charge in [-0.2, -0.15) is 0 Å². The molecule has 3 N–H and O–H groups in total. The lowest BCUT2D eigenvalue weighted by atomic mass is 10.1. The lowest BCUT2D eigenvalue weighted by molar-refractivity contribution is -0.120. The number of hydrogen-bond donors (Lipinski definition) is 3. The summed E-state index contributed by atoms with van der Waals surface area (Å²) in [5.41, 5.74) is 0.987. The first-order valence-corrected chi connectivity index (χ1v) is 6.70. The molecule has 0 fully saturated rings. The molecule has 0 atom stereocenters. The van der Waals surface area contributed by atoms with Crippen LogP contribution in [0, 0.1) is 0 Å². The zero-order chi connectivity index (χ0) is 15.0. The van der Waals surface area contributed by atoms with Crippen molar-refractivity contribution in [1.29, 1.82) is 0 Å². The number of nitrogens with zero attached hydrogens (tertiary/aromatic N) is 1. The fourth-order valence-corrected chi connectivity index (χ4v) is 1.56. The van der Waals surface area contributed by atoms with Gasteiger partial charge in [-0.15, -0.1) is 0 Å². The second-order valence-corrected chi connectivity index (χ2v) is 5.56. The SMILES string of the molecule is CN=C(NCC(=O)NCc1ccccc1)NC(C)(C)C. The molecular weight excluding hydrogens is 252 g/mol. The van der Waals surface area contributed by atoms with E-state index in [1.807, 2.05) is 51.1 Å². The normalized spacial score (nSPS) is 11.9. The van der Waals surface area contributed by atoms with Gasteiger partial charge >= 0.3 is 0 Å². The van der Waals surface area contributed by atoms with Gasteiger partial charge in [0.2, 0.25) is 5.91 Å². The standard InChI is InChI=1S/C15H24N4O/c1-15(2,3)19-14(16-4)18-11-13(20)17-10-12-8-6-5-7-9-12/h5-9H,10-11H2,1-4H3,(H,17,20)(H2,16,18,19). The van der Waals surface area contributed by atoms with E-state index in [0.717, 1.165) is 5.56 Å². The Morgan fingerprint density at radius 1 is 1.15 bits per heavy atom. The number of benzene rings is 1. The van der Waals surface area contributed by atoms with Crippen molar-refractivity contribution >= 4 is 11.9 Å². The lowest BCUT2D eigenvalue weighted by Crippen LogP contribution is -2.49. The van der Waals surface area contributed by atoms with E-state index >= 15 is 0 Å². The predicted molar refractivity (Wildman–Crippen MR) is 82.5 cm³/mol. The highest BCUT2D eigenvalue weighted by atomic mass is 16.1. The summed E-state index contributed by atoms with van der Waals surface area (Å²) in [5.74, 6) is 0.554. The van der Waals surface area contributed by atoms with Crippen LogP contribution in [0.15, 0.2) is 35.3 Å². The Kier molecular flexibility index (Phi) is 6.03. The highest BCUT2D eigenvalue weighted by molar-refractivity contribution is 5.86. The summed E-state index contributed by atoms with van der Waals surface area (Å²) in [7, 11) is 1.68. The summed E-state index contributed by atoms with van der Waals surface area (Å²) >= 11 is 0. The van der Waals surface area contributed by atoms with E-state index in [1.165, 1.54) is 0 Å². The summed E-state index contributed by atoms with van der Waals surface area (Å²) in [6.07, 6.45) is 0. The Labute approximate surface area is 120 Å². The smallest absolute Gasteiger partial charge is 0.239 e. The number of rotatable bonds is 4. The van der Waals surface area contributed by atoms with Gasteiger partial charge in [0.15, 0.2) is 5.96 Å². The second-order valence-electron chi connectivity index (χ2n) is 5.56. The van der Waals surface area contributed by atoms with Crippen molar-refractivity contribution in [2.45, 2.75) is 32.9 Å². The monoisotopic (exact) mass is 276 g/mol. The molecule has 1 amide bonds. The molecule has 5 nitrogen and oxygen atoms in total. The zero-order valence-electron chi connectivity index (χ0n) is 12.7. The first-order chi connectivity index (χ1) is 9.40. The summed E-state index contributed by atoms with van der Waals surface area (Å²) in [5, 5.41) is 9.04. The van der Waals surface area contributed by atoms with Gasteiger partial charge in [0.25, 0.3) is 0 Å². The van der Waals surface area contributed by atoms with Crippen molar-refractivity contribution in [3.8, 4) is 0 Å². The molecule has 1 aromatic carbocycles. The van der Waals surface area contributed by atoms with Gasteiger partial charge in [0.05, 0.1) is 6.54 Å². The zero-order valence-corrected chi connectivity index (χ0v) is 12.7. The summed E-state index contributed by atoms with van der Waals surface area (Å²) in [6.45, 7) is 6.84. The molecule has 0 saturated carbocycles. The lowest BCUT2D eigenvalue weighted by Gasteiger charge is -2.23. The fourth-order valence-electron chi connectivity index (χ4n) is 1.56. The average molecular weight is 276 g/mol. The third-order valence-corrected chi connectivity index (χ3v) is 2.47. The average Bonchev–Trinajstić information content (AvgIpc) is 2.41. The number of aliphatic imine (C=N–C) groups is 1. The van der Waals surface area contributed by atoms with Crippen LogP contribution in [0.3, 0.4) is 0 Å². The second kappa shape index (κ2) is 7.53. The van der Waals surface area contributed by atoms with Crippen molar-refractivity contribution in [2.75, 3.05) is 13.6 Å². The first kappa shape index (κ1) is 16.0. The highest BCUT2D eigenvalue weighted by Crippen LogP contribution is 1.98. The van der Waals surface area contributed by atoms with Gasteiger partial charge in [-0.05, 0) is 26.3 Å². The van der Waals surface area contributed by atoms with Crippen molar-refractivity contribution in [3.63, 3.8) is 0 Å². The minimum atomic E-state index is -0.0949. The molecule has 0 bridgehead atoms. The Bertz CT molecular complexity index is 449. The molecule has 0 radical (unpaired) electrons. The Morgan fingerprint density at radius 3 is 2.35 bits per heavy atom. The van der Waals surface area contributed by atoms with Crippen LogP contribution in [-0.2, 0) is 11.3 Å².